The number of aliphatic hydroxyl groups is 1. The van der Waals surface area contributed by atoms with Gasteiger partial charge in [-0.15, -0.1) is 0 Å². The Morgan fingerprint density at radius 2 is 1.96 bits per heavy atom. The number of anilines is 1. The van der Waals surface area contributed by atoms with Crippen molar-refractivity contribution in [2.75, 3.05) is 18.5 Å². The molecule has 1 atom stereocenters. The third-order valence-corrected chi connectivity index (χ3v) is 3.51. The maximum atomic E-state index is 12.0. The molecule has 0 radical (unpaired) electrons. The summed E-state index contributed by atoms with van der Waals surface area (Å²) in [4.78, 5) is 12.0. The van der Waals surface area contributed by atoms with Crippen LogP contribution in [-0.2, 0) is 0 Å². The van der Waals surface area contributed by atoms with Gasteiger partial charge in [-0.2, -0.15) is 5.26 Å². The Balaban J connectivity index is 1.92. The molecule has 5 heteroatoms. The first-order valence-corrected chi connectivity index (χ1v) is 7.43. The van der Waals surface area contributed by atoms with Crippen LogP contribution in [0.5, 0.6) is 0 Å². The number of rotatable bonds is 6. The van der Waals surface area contributed by atoms with E-state index in [4.69, 9.17) is 5.26 Å². The molecule has 0 aliphatic rings. The first-order valence-electron chi connectivity index (χ1n) is 7.43. The van der Waals surface area contributed by atoms with E-state index in [2.05, 4.69) is 10.6 Å². The minimum atomic E-state index is -0.334. The molecule has 0 heterocycles. The minimum Gasteiger partial charge on any atom is -0.396 e. The first-order chi connectivity index (χ1) is 11.2. The molecule has 0 spiro atoms. The minimum absolute atomic E-state index is 0.0531. The third kappa shape index (κ3) is 5.13. The molecule has 0 unspecified atom stereocenters. The number of carbonyl (C=O) groups excluding carboxylic acids is 1. The van der Waals surface area contributed by atoms with Crippen LogP contribution < -0.4 is 10.6 Å². The Morgan fingerprint density at radius 1 is 1.17 bits per heavy atom. The lowest BCUT2D eigenvalue weighted by Gasteiger charge is -2.17. The number of benzene rings is 2. The molecule has 2 aromatic rings. The zero-order valence-electron chi connectivity index (χ0n) is 12.7. The van der Waals surface area contributed by atoms with Gasteiger partial charge in [-0.25, -0.2) is 4.79 Å². The SMILES string of the molecule is N#Cc1cccc(NC(=O)NC[C@@H](CCO)c2ccccc2)c1. The van der Waals surface area contributed by atoms with Gasteiger partial charge < -0.3 is 15.7 Å². The summed E-state index contributed by atoms with van der Waals surface area (Å²) in [6.45, 7) is 0.488. The standard InChI is InChI=1S/C18H19N3O2/c19-12-14-5-4-8-17(11-14)21-18(23)20-13-16(9-10-22)15-6-2-1-3-7-15/h1-8,11,16,22H,9-10,13H2,(H2,20,21,23)/t16-/m1/s1. The van der Waals surface area contributed by atoms with Gasteiger partial charge in [-0.05, 0) is 30.2 Å². The summed E-state index contributed by atoms with van der Waals surface area (Å²) < 4.78 is 0. The summed E-state index contributed by atoms with van der Waals surface area (Å²) >= 11 is 0. The van der Waals surface area contributed by atoms with Gasteiger partial charge in [-0.1, -0.05) is 36.4 Å². The number of nitrogens with one attached hydrogen (secondary N) is 2. The third-order valence-electron chi connectivity index (χ3n) is 3.51. The summed E-state index contributed by atoms with van der Waals surface area (Å²) in [5.41, 5.74) is 2.14. The Kier molecular flexibility index (Phi) is 6.16. The highest BCUT2D eigenvalue weighted by Crippen LogP contribution is 2.18. The Hall–Kier alpha value is -2.84. The van der Waals surface area contributed by atoms with E-state index < -0.39 is 0 Å². The van der Waals surface area contributed by atoms with Crippen LogP contribution in [0.3, 0.4) is 0 Å². The zero-order valence-corrected chi connectivity index (χ0v) is 12.7. The van der Waals surface area contributed by atoms with Crippen molar-refractivity contribution in [1.29, 1.82) is 5.26 Å². The quantitative estimate of drug-likeness (QED) is 0.767. The van der Waals surface area contributed by atoms with Gasteiger partial charge in [0.25, 0.3) is 0 Å². The van der Waals surface area contributed by atoms with Crippen molar-refractivity contribution in [3.8, 4) is 6.07 Å². The molecule has 0 saturated heterocycles. The Bertz CT molecular complexity index is 680. The molecule has 0 bridgehead atoms. The van der Waals surface area contributed by atoms with Gasteiger partial charge in [0.05, 0.1) is 11.6 Å². The molecule has 2 rings (SSSR count). The largest absolute Gasteiger partial charge is 0.396 e. The Labute approximate surface area is 135 Å². The molecule has 0 saturated carbocycles. The molecule has 5 nitrogen and oxygen atoms in total. The second-order valence-electron chi connectivity index (χ2n) is 5.15. The van der Waals surface area contributed by atoms with Crippen molar-refractivity contribution in [1.82, 2.24) is 5.32 Å². The number of nitriles is 1. The molecule has 0 aliphatic heterocycles. The van der Waals surface area contributed by atoms with Gasteiger partial charge in [0.1, 0.15) is 0 Å². The van der Waals surface area contributed by atoms with Crippen molar-refractivity contribution < 1.29 is 9.90 Å². The number of hydrogen-bond donors (Lipinski definition) is 3. The molecule has 118 valence electrons. The predicted molar refractivity (Wildman–Crippen MR) is 89.1 cm³/mol. The van der Waals surface area contributed by atoms with Crippen molar-refractivity contribution in [3.05, 3.63) is 65.7 Å². The van der Waals surface area contributed by atoms with Gasteiger partial charge in [0, 0.05) is 24.8 Å². The summed E-state index contributed by atoms with van der Waals surface area (Å²) in [7, 11) is 0. The first kappa shape index (κ1) is 16.5. The lowest BCUT2D eigenvalue weighted by Crippen LogP contribution is -2.32. The number of nitrogens with zero attached hydrogens (tertiary/aromatic N) is 1. The predicted octanol–water partition coefficient (Wildman–Crippen LogP) is 2.85. The van der Waals surface area contributed by atoms with Crippen molar-refractivity contribution in [2.45, 2.75) is 12.3 Å². The fourth-order valence-corrected chi connectivity index (χ4v) is 2.33. The van der Waals surface area contributed by atoms with Crippen LogP contribution in [0, 0.1) is 11.3 Å². The molecular weight excluding hydrogens is 290 g/mol. The highest BCUT2D eigenvalue weighted by molar-refractivity contribution is 5.89. The molecule has 2 amide bonds. The van der Waals surface area contributed by atoms with E-state index >= 15 is 0 Å². The monoisotopic (exact) mass is 309 g/mol. The maximum Gasteiger partial charge on any atom is 0.319 e. The summed E-state index contributed by atoms with van der Waals surface area (Å²) in [5.74, 6) is 0.0531. The normalized spacial score (nSPS) is 11.3. The van der Waals surface area contributed by atoms with Gasteiger partial charge >= 0.3 is 6.03 Å². The molecular formula is C18H19N3O2. The highest BCUT2D eigenvalue weighted by Gasteiger charge is 2.12. The average molecular weight is 309 g/mol. The lowest BCUT2D eigenvalue weighted by molar-refractivity contribution is 0.248. The van der Waals surface area contributed by atoms with Crippen molar-refractivity contribution in [3.63, 3.8) is 0 Å². The van der Waals surface area contributed by atoms with E-state index in [1.807, 2.05) is 36.4 Å². The average Bonchev–Trinajstić information content (AvgIpc) is 2.59. The summed E-state index contributed by atoms with van der Waals surface area (Å²) in [5, 5.41) is 23.6. The fourth-order valence-electron chi connectivity index (χ4n) is 2.33. The van der Waals surface area contributed by atoms with Crippen molar-refractivity contribution >= 4 is 11.7 Å². The van der Waals surface area contributed by atoms with E-state index in [1.54, 1.807) is 24.3 Å². The van der Waals surface area contributed by atoms with E-state index in [1.165, 1.54) is 0 Å². The summed E-state index contributed by atoms with van der Waals surface area (Å²) in [6, 6.07) is 18.2. The van der Waals surface area contributed by atoms with Crippen LogP contribution in [0.25, 0.3) is 0 Å². The van der Waals surface area contributed by atoms with E-state index in [-0.39, 0.29) is 18.6 Å². The van der Waals surface area contributed by atoms with E-state index in [0.717, 1.165) is 5.56 Å². The maximum absolute atomic E-state index is 12.0. The number of amides is 2. The number of urea groups is 1. The fraction of sp³-hybridized carbons (Fsp3) is 0.222. The van der Waals surface area contributed by atoms with E-state index in [9.17, 15) is 9.90 Å². The number of carbonyl (C=O) groups is 1. The van der Waals surface area contributed by atoms with Gasteiger partial charge in [0.2, 0.25) is 0 Å². The zero-order chi connectivity index (χ0) is 16.5. The molecule has 0 aliphatic carbocycles. The topological polar surface area (TPSA) is 85.2 Å². The molecule has 2 aromatic carbocycles. The van der Waals surface area contributed by atoms with Crippen LogP contribution in [-0.4, -0.2) is 24.3 Å². The van der Waals surface area contributed by atoms with E-state index in [0.29, 0.717) is 24.2 Å². The number of aliphatic hydroxyl groups excluding tert-OH is 1. The highest BCUT2D eigenvalue weighted by atomic mass is 16.3. The smallest absolute Gasteiger partial charge is 0.319 e. The lowest BCUT2D eigenvalue weighted by atomic mass is 9.96. The van der Waals surface area contributed by atoms with Crippen LogP contribution in [0.15, 0.2) is 54.6 Å². The molecule has 0 aromatic heterocycles. The molecule has 23 heavy (non-hydrogen) atoms. The van der Waals surface area contributed by atoms with Crippen LogP contribution in [0.1, 0.15) is 23.5 Å². The Morgan fingerprint density at radius 3 is 2.65 bits per heavy atom. The van der Waals surface area contributed by atoms with Crippen LogP contribution >= 0.6 is 0 Å². The molecule has 3 N–H and O–H groups in total. The second kappa shape index (κ2) is 8.57. The summed E-state index contributed by atoms with van der Waals surface area (Å²) in [6.07, 6.45) is 0.578. The number of hydrogen-bond acceptors (Lipinski definition) is 3. The second-order valence-corrected chi connectivity index (χ2v) is 5.15. The van der Waals surface area contributed by atoms with Gasteiger partial charge in [-0.3, -0.25) is 0 Å². The van der Waals surface area contributed by atoms with Crippen LogP contribution in [0.4, 0.5) is 10.5 Å². The molecule has 0 fully saturated rings. The van der Waals surface area contributed by atoms with Crippen molar-refractivity contribution in [2.24, 2.45) is 0 Å². The van der Waals surface area contributed by atoms with Gasteiger partial charge in [0.15, 0.2) is 0 Å². The van der Waals surface area contributed by atoms with Crippen LogP contribution in [0.2, 0.25) is 0 Å².